The van der Waals surface area contributed by atoms with E-state index in [4.69, 9.17) is 0 Å². The molecule has 1 aromatic rings. The Balaban J connectivity index is 1.70. The Morgan fingerprint density at radius 2 is 1.83 bits per heavy atom. The fraction of sp³-hybridized carbons (Fsp3) is 0.562. The van der Waals surface area contributed by atoms with Gasteiger partial charge in [-0.1, -0.05) is 6.07 Å². The first-order valence-electron chi connectivity index (χ1n) is 7.93. The highest BCUT2D eigenvalue weighted by Crippen LogP contribution is 2.30. The van der Waals surface area contributed by atoms with Gasteiger partial charge in [0.05, 0.1) is 12.1 Å². The number of nitrogens with zero attached hydrogens (tertiary/aromatic N) is 2. The van der Waals surface area contributed by atoms with Crippen LogP contribution in [0.1, 0.15) is 19.3 Å². The van der Waals surface area contributed by atoms with Gasteiger partial charge in [-0.25, -0.2) is 0 Å². The number of amides is 1. The first-order chi connectivity index (χ1) is 11.3. The molecule has 1 atom stereocenters. The van der Waals surface area contributed by atoms with E-state index >= 15 is 0 Å². The number of benzene rings is 1. The summed E-state index contributed by atoms with van der Waals surface area (Å²) in [5.74, 6) is -0.451. The molecular weight excluding hydrogens is 325 g/mol. The van der Waals surface area contributed by atoms with Crippen molar-refractivity contribution < 1.29 is 27.8 Å². The molecule has 8 heteroatoms. The number of carbonyl (C=O) groups is 1. The number of hydrogen-bond acceptors (Lipinski definition) is 4. The van der Waals surface area contributed by atoms with Gasteiger partial charge in [0.15, 0.2) is 0 Å². The quantitative estimate of drug-likeness (QED) is 0.913. The maximum Gasteiger partial charge on any atom is 0.573 e. The first-order valence-corrected chi connectivity index (χ1v) is 7.93. The summed E-state index contributed by atoms with van der Waals surface area (Å²) in [6.45, 7) is 1.77. The van der Waals surface area contributed by atoms with E-state index < -0.39 is 6.36 Å². The third-order valence-corrected chi connectivity index (χ3v) is 4.48. The molecule has 0 unspecified atom stereocenters. The maximum atomic E-state index is 12.6. The van der Waals surface area contributed by atoms with Crippen LogP contribution in [0.2, 0.25) is 0 Å². The summed E-state index contributed by atoms with van der Waals surface area (Å²) in [5, 5.41) is 9.56. The number of anilines is 1. The molecule has 1 N–H and O–H groups in total. The topological polar surface area (TPSA) is 53.0 Å². The second kappa shape index (κ2) is 6.60. The molecule has 5 nitrogen and oxygen atoms in total. The van der Waals surface area contributed by atoms with Gasteiger partial charge in [-0.05, 0) is 31.4 Å². The van der Waals surface area contributed by atoms with Crippen molar-refractivity contribution in [2.45, 2.75) is 37.8 Å². The highest BCUT2D eigenvalue weighted by Gasteiger charge is 2.38. The first kappa shape index (κ1) is 17.0. The Labute approximate surface area is 137 Å². The molecule has 24 heavy (non-hydrogen) atoms. The third-order valence-electron chi connectivity index (χ3n) is 4.48. The molecule has 2 saturated heterocycles. The second-order valence-electron chi connectivity index (χ2n) is 6.11. The molecule has 0 radical (unpaired) electrons. The summed E-state index contributed by atoms with van der Waals surface area (Å²) in [6.07, 6.45) is -3.17. The summed E-state index contributed by atoms with van der Waals surface area (Å²) >= 11 is 0. The fourth-order valence-corrected chi connectivity index (χ4v) is 3.31. The SMILES string of the molecule is O=C1[C@H](N2CCC(O)CC2)CCN1c1cccc(OC(F)(F)F)c1. The number of halogens is 3. The standard InChI is InChI=1S/C16H19F3N2O3/c17-16(18,19)24-13-3-1-2-11(10-13)21-9-6-14(15(21)23)20-7-4-12(22)5-8-20/h1-3,10,12,14,22H,4-9H2/t14-/m1/s1. The lowest BCUT2D eigenvalue weighted by atomic mass is 10.1. The average molecular weight is 344 g/mol. The zero-order chi connectivity index (χ0) is 17.3. The normalized spacial score (nSPS) is 23.8. The molecule has 132 valence electrons. The van der Waals surface area contributed by atoms with Crippen LogP contribution in [-0.4, -0.2) is 54.1 Å². The number of rotatable bonds is 3. The molecule has 0 spiro atoms. The Morgan fingerprint density at radius 3 is 2.50 bits per heavy atom. The average Bonchev–Trinajstić information content (AvgIpc) is 2.88. The Kier molecular flexibility index (Phi) is 4.69. The number of aliphatic hydroxyl groups excluding tert-OH is 1. The van der Waals surface area contributed by atoms with E-state index in [-0.39, 0.29) is 23.8 Å². The van der Waals surface area contributed by atoms with Crippen LogP contribution in [-0.2, 0) is 4.79 Å². The lowest BCUT2D eigenvalue weighted by Gasteiger charge is -2.33. The Bertz CT molecular complexity index is 600. The molecule has 2 heterocycles. The molecule has 0 bridgehead atoms. The van der Waals surface area contributed by atoms with Gasteiger partial charge in [0.25, 0.3) is 0 Å². The number of piperidine rings is 1. The van der Waals surface area contributed by atoms with E-state index in [1.807, 2.05) is 4.90 Å². The molecule has 0 saturated carbocycles. The van der Waals surface area contributed by atoms with Crippen molar-refractivity contribution >= 4 is 11.6 Å². The van der Waals surface area contributed by atoms with Crippen molar-refractivity contribution in [2.75, 3.05) is 24.5 Å². The molecule has 0 aliphatic carbocycles. The monoisotopic (exact) mass is 344 g/mol. The molecule has 3 rings (SSSR count). The Hall–Kier alpha value is -1.80. The van der Waals surface area contributed by atoms with E-state index in [2.05, 4.69) is 4.74 Å². The van der Waals surface area contributed by atoms with Crippen molar-refractivity contribution in [2.24, 2.45) is 0 Å². The van der Waals surface area contributed by atoms with Crippen LogP contribution in [0, 0.1) is 0 Å². The van der Waals surface area contributed by atoms with Crippen LogP contribution in [0.5, 0.6) is 5.75 Å². The summed E-state index contributed by atoms with van der Waals surface area (Å²) in [4.78, 5) is 16.2. The van der Waals surface area contributed by atoms with Gasteiger partial charge < -0.3 is 14.7 Å². The number of likely N-dealkylation sites (tertiary alicyclic amines) is 1. The summed E-state index contributed by atoms with van der Waals surface area (Å²) in [6, 6.07) is 5.21. The lowest BCUT2D eigenvalue weighted by Crippen LogP contribution is -2.46. The molecule has 2 fully saturated rings. The predicted molar refractivity (Wildman–Crippen MR) is 80.7 cm³/mol. The van der Waals surface area contributed by atoms with Crippen molar-refractivity contribution in [3.63, 3.8) is 0 Å². The Morgan fingerprint density at radius 1 is 1.12 bits per heavy atom. The van der Waals surface area contributed by atoms with Gasteiger partial charge >= 0.3 is 6.36 Å². The molecule has 2 aliphatic heterocycles. The van der Waals surface area contributed by atoms with Gasteiger partial charge in [0.2, 0.25) is 5.91 Å². The fourth-order valence-electron chi connectivity index (χ4n) is 3.31. The smallest absolute Gasteiger partial charge is 0.406 e. The van der Waals surface area contributed by atoms with Gasteiger partial charge in [-0.15, -0.1) is 13.2 Å². The van der Waals surface area contributed by atoms with E-state index in [0.717, 1.165) is 0 Å². The minimum atomic E-state index is -4.76. The van der Waals surface area contributed by atoms with Gasteiger partial charge in [-0.3, -0.25) is 9.69 Å². The highest BCUT2D eigenvalue weighted by molar-refractivity contribution is 5.99. The molecule has 1 amide bonds. The van der Waals surface area contributed by atoms with Gasteiger partial charge in [0, 0.05) is 31.4 Å². The van der Waals surface area contributed by atoms with Crippen LogP contribution in [0.3, 0.4) is 0 Å². The summed E-state index contributed by atoms with van der Waals surface area (Å²) < 4.78 is 40.9. The number of aliphatic hydroxyl groups is 1. The zero-order valence-corrected chi connectivity index (χ0v) is 13.0. The maximum absolute atomic E-state index is 12.6. The van der Waals surface area contributed by atoms with E-state index in [9.17, 15) is 23.1 Å². The largest absolute Gasteiger partial charge is 0.573 e. The summed E-state index contributed by atoms with van der Waals surface area (Å²) in [5.41, 5.74) is 0.404. The number of alkyl halides is 3. The van der Waals surface area contributed by atoms with Crippen LogP contribution >= 0.6 is 0 Å². The third kappa shape index (κ3) is 3.81. The molecular formula is C16H19F3N2O3. The zero-order valence-electron chi connectivity index (χ0n) is 13.0. The van der Waals surface area contributed by atoms with Crippen LogP contribution in [0.15, 0.2) is 24.3 Å². The van der Waals surface area contributed by atoms with Crippen molar-refractivity contribution in [1.29, 1.82) is 0 Å². The van der Waals surface area contributed by atoms with E-state index in [1.165, 1.54) is 23.1 Å². The molecule has 0 aromatic heterocycles. The van der Waals surface area contributed by atoms with E-state index in [1.54, 1.807) is 6.07 Å². The van der Waals surface area contributed by atoms with E-state index in [0.29, 0.717) is 44.6 Å². The minimum absolute atomic E-state index is 0.115. The summed E-state index contributed by atoms with van der Waals surface area (Å²) in [7, 11) is 0. The number of ether oxygens (including phenoxy) is 1. The van der Waals surface area contributed by atoms with Crippen LogP contribution < -0.4 is 9.64 Å². The number of carbonyl (C=O) groups excluding carboxylic acids is 1. The van der Waals surface area contributed by atoms with Crippen LogP contribution in [0.4, 0.5) is 18.9 Å². The van der Waals surface area contributed by atoms with Crippen molar-refractivity contribution in [3.8, 4) is 5.75 Å². The van der Waals surface area contributed by atoms with Crippen molar-refractivity contribution in [1.82, 2.24) is 4.90 Å². The second-order valence-corrected chi connectivity index (χ2v) is 6.11. The lowest BCUT2D eigenvalue weighted by molar-refractivity contribution is -0.274. The van der Waals surface area contributed by atoms with Gasteiger partial charge in [-0.2, -0.15) is 0 Å². The molecule has 1 aromatic carbocycles. The van der Waals surface area contributed by atoms with Gasteiger partial charge in [0.1, 0.15) is 5.75 Å². The number of hydrogen-bond donors (Lipinski definition) is 1. The highest BCUT2D eigenvalue weighted by atomic mass is 19.4. The minimum Gasteiger partial charge on any atom is -0.406 e. The molecule has 2 aliphatic rings. The predicted octanol–water partition coefficient (Wildman–Crippen LogP) is 2.15. The van der Waals surface area contributed by atoms with Crippen molar-refractivity contribution in [3.05, 3.63) is 24.3 Å². The van der Waals surface area contributed by atoms with Crippen LogP contribution in [0.25, 0.3) is 0 Å².